The number of imidazole rings is 1. The Morgan fingerprint density at radius 3 is 2.83 bits per heavy atom. The second-order valence-corrected chi connectivity index (χ2v) is 4.29. The van der Waals surface area contributed by atoms with Gasteiger partial charge < -0.3 is 9.88 Å². The van der Waals surface area contributed by atoms with Crippen molar-refractivity contribution in [3.8, 4) is 0 Å². The Morgan fingerprint density at radius 2 is 2.06 bits per heavy atom. The molecule has 0 fully saturated rings. The van der Waals surface area contributed by atoms with Crippen molar-refractivity contribution in [1.82, 2.24) is 15.0 Å². The fourth-order valence-corrected chi connectivity index (χ4v) is 1.96. The highest BCUT2D eigenvalue weighted by atomic mass is 15.2. The van der Waals surface area contributed by atoms with Gasteiger partial charge in [0, 0.05) is 26.0 Å². The Bertz CT molecular complexity index is 612. The van der Waals surface area contributed by atoms with Crippen LogP contribution in [0.2, 0.25) is 0 Å². The molecular weight excluding hydrogens is 224 g/mol. The van der Waals surface area contributed by atoms with Crippen LogP contribution in [0.25, 0.3) is 11.0 Å². The van der Waals surface area contributed by atoms with Gasteiger partial charge in [0.25, 0.3) is 0 Å². The number of benzene rings is 1. The number of hydrogen-bond donors (Lipinski definition) is 1. The van der Waals surface area contributed by atoms with E-state index >= 15 is 0 Å². The van der Waals surface area contributed by atoms with Gasteiger partial charge in [-0.1, -0.05) is 18.2 Å². The summed E-state index contributed by atoms with van der Waals surface area (Å²) in [6, 6.07) is 12.0. The molecular formula is C14H14N4. The third-order valence-corrected chi connectivity index (χ3v) is 2.88. The van der Waals surface area contributed by atoms with E-state index < -0.39 is 0 Å². The van der Waals surface area contributed by atoms with Crippen LogP contribution >= 0.6 is 0 Å². The maximum absolute atomic E-state index is 4.56. The van der Waals surface area contributed by atoms with E-state index in [9.17, 15) is 0 Å². The smallest absolute Gasteiger partial charge is 0.203 e. The molecule has 0 radical (unpaired) electrons. The second-order valence-electron chi connectivity index (χ2n) is 4.29. The van der Waals surface area contributed by atoms with Gasteiger partial charge in [-0.25, -0.2) is 4.98 Å². The lowest BCUT2D eigenvalue weighted by Crippen LogP contribution is -2.17. The fraction of sp³-hybridized carbons (Fsp3) is 0.143. The van der Waals surface area contributed by atoms with Crippen LogP contribution in [0.5, 0.6) is 0 Å². The number of para-hydroxylation sites is 2. The van der Waals surface area contributed by atoms with Crippen molar-refractivity contribution in [2.24, 2.45) is 0 Å². The minimum Gasteiger partial charge on any atom is -0.341 e. The summed E-state index contributed by atoms with van der Waals surface area (Å²) in [5.74, 6) is 0.875. The molecule has 4 heteroatoms. The molecule has 0 bridgehead atoms. The number of anilines is 1. The maximum atomic E-state index is 4.56. The summed E-state index contributed by atoms with van der Waals surface area (Å²) in [5, 5.41) is 0. The predicted octanol–water partition coefficient (Wildman–Crippen LogP) is 2.59. The third kappa shape index (κ3) is 2.05. The van der Waals surface area contributed by atoms with E-state index in [0.717, 1.165) is 23.5 Å². The van der Waals surface area contributed by atoms with Crippen LogP contribution in [0, 0.1) is 0 Å². The first-order valence-corrected chi connectivity index (χ1v) is 5.88. The number of nitrogens with one attached hydrogen (secondary N) is 1. The van der Waals surface area contributed by atoms with Gasteiger partial charge in [0.1, 0.15) is 0 Å². The number of aromatic nitrogens is 3. The van der Waals surface area contributed by atoms with Crippen molar-refractivity contribution in [2.75, 3.05) is 11.9 Å². The Labute approximate surface area is 105 Å². The minimum atomic E-state index is 0.785. The van der Waals surface area contributed by atoms with Crippen LogP contribution in [-0.4, -0.2) is 22.0 Å². The molecule has 1 N–H and O–H groups in total. The fourth-order valence-electron chi connectivity index (χ4n) is 1.96. The van der Waals surface area contributed by atoms with Gasteiger partial charge in [0.05, 0.1) is 11.0 Å². The average molecular weight is 238 g/mol. The molecule has 0 aliphatic carbocycles. The number of fused-ring (bicyclic) bond motifs is 1. The summed E-state index contributed by atoms with van der Waals surface area (Å²) < 4.78 is 0. The highest BCUT2D eigenvalue weighted by molar-refractivity contribution is 5.77. The highest BCUT2D eigenvalue weighted by Gasteiger charge is 2.07. The lowest BCUT2D eigenvalue weighted by Gasteiger charge is -2.15. The van der Waals surface area contributed by atoms with Gasteiger partial charge in [-0.15, -0.1) is 0 Å². The molecule has 0 unspecified atom stereocenters. The first-order valence-electron chi connectivity index (χ1n) is 5.88. The molecule has 0 aliphatic rings. The van der Waals surface area contributed by atoms with E-state index in [4.69, 9.17) is 0 Å². The van der Waals surface area contributed by atoms with Gasteiger partial charge in [-0.2, -0.15) is 0 Å². The van der Waals surface area contributed by atoms with Crippen molar-refractivity contribution in [3.63, 3.8) is 0 Å². The molecule has 3 aromatic rings. The van der Waals surface area contributed by atoms with E-state index in [1.807, 2.05) is 43.6 Å². The lowest BCUT2D eigenvalue weighted by atomic mass is 10.3. The SMILES string of the molecule is CN(Cc1cccnc1)c1nc2ccccc2[nH]1. The molecule has 0 spiro atoms. The van der Waals surface area contributed by atoms with Gasteiger partial charge >= 0.3 is 0 Å². The van der Waals surface area contributed by atoms with Crippen LogP contribution < -0.4 is 4.90 Å². The Balaban J connectivity index is 1.86. The third-order valence-electron chi connectivity index (χ3n) is 2.88. The quantitative estimate of drug-likeness (QED) is 0.762. The summed E-state index contributed by atoms with van der Waals surface area (Å²) in [4.78, 5) is 14.1. The van der Waals surface area contributed by atoms with Gasteiger partial charge in [-0.3, -0.25) is 4.98 Å². The number of pyridine rings is 1. The molecule has 0 atom stereocenters. The molecule has 0 saturated heterocycles. The van der Waals surface area contributed by atoms with Crippen LogP contribution in [0.15, 0.2) is 48.8 Å². The molecule has 4 nitrogen and oxygen atoms in total. The van der Waals surface area contributed by atoms with E-state index in [2.05, 4.69) is 25.9 Å². The van der Waals surface area contributed by atoms with Crippen LogP contribution in [0.4, 0.5) is 5.95 Å². The number of H-pyrrole nitrogens is 1. The van der Waals surface area contributed by atoms with E-state index in [1.165, 1.54) is 5.56 Å². The standard InChI is InChI=1S/C14H14N4/c1-18(10-11-5-4-8-15-9-11)14-16-12-6-2-3-7-13(12)17-14/h2-9H,10H2,1H3,(H,16,17). The molecule has 0 aliphatic heterocycles. The molecule has 0 saturated carbocycles. The first kappa shape index (κ1) is 10.8. The Hall–Kier alpha value is -2.36. The zero-order chi connectivity index (χ0) is 12.4. The molecule has 2 aromatic heterocycles. The first-order chi connectivity index (χ1) is 8.83. The van der Waals surface area contributed by atoms with Crippen LogP contribution in [-0.2, 0) is 6.54 Å². The van der Waals surface area contributed by atoms with Gasteiger partial charge in [-0.05, 0) is 23.8 Å². The number of nitrogens with zero attached hydrogens (tertiary/aromatic N) is 3. The van der Waals surface area contributed by atoms with Crippen molar-refractivity contribution in [3.05, 3.63) is 54.4 Å². The Kier molecular flexibility index (Phi) is 2.68. The van der Waals surface area contributed by atoms with Crippen molar-refractivity contribution in [1.29, 1.82) is 0 Å². The molecule has 3 rings (SSSR count). The zero-order valence-corrected chi connectivity index (χ0v) is 10.2. The van der Waals surface area contributed by atoms with E-state index in [0.29, 0.717) is 0 Å². The topological polar surface area (TPSA) is 44.8 Å². The normalized spacial score (nSPS) is 10.7. The Morgan fingerprint density at radius 1 is 1.17 bits per heavy atom. The summed E-state index contributed by atoms with van der Waals surface area (Å²) in [6.45, 7) is 0.785. The molecule has 2 heterocycles. The summed E-state index contributed by atoms with van der Waals surface area (Å²) in [5.41, 5.74) is 3.22. The van der Waals surface area contributed by atoms with Gasteiger partial charge in [0.15, 0.2) is 0 Å². The average Bonchev–Trinajstić information content (AvgIpc) is 2.84. The number of rotatable bonds is 3. The largest absolute Gasteiger partial charge is 0.341 e. The molecule has 0 amide bonds. The number of aromatic amines is 1. The summed E-state index contributed by atoms with van der Waals surface area (Å²) in [7, 11) is 2.02. The van der Waals surface area contributed by atoms with Crippen molar-refractivity contribution >= 4 is 17.0 Å². The van der Waals surface area contributed by atoms with Gasteiger partial charge in [0.2, 0.25) is 5.95 Å². The molecule has 90 valence electrons. The van der Waals surface area contributed by atoms with E-state index in [-0.39, 0.29) is 0 Å². The monoisotopic (exact) mass is 238 g/mol. The van der Waals surface area contributed by atoms with Crippen molar-refractivity contribution in [2.45, 2.75) is 6.54 Å². The molecule has 18 heavy (non-hydrogen) atoms. The zero-order valence-electron chi connectivity index (χ0n) is 10.2. The highest BCUT2D eigenvalue weighted by Crippen LogP contribution is 2.17. The van der Waals surface area contributed by atoms with Crippen LogP contribution in [0.1, 0.15) is 5.56 Å². The lowest BCUT2D eigenvalue weighted by molar-refractivity contribution is 0.879. The summed E-state index contributed by atoms with van der Waals surface area (Å²) >= 11 is 0. The minimum absolute atomic E-state index is 0.785. The predicted molar refractivity (Wildman–Crippen MR) is 72.4 cm³/mol. The van der Waals surface area contributed by atoms with E-state index in [1.54, 1.807) is 6.20 Å². The number of hydrogen-bond acceptors (Lipinski definition) is 3. The summed E-state index contributed by atoms with van der Waals surface area (Å²) in [6.07, 6.45) is 3.66. The maximum Gasteiger partial charge on any atom is 0.203 e. The second kappa shape index (κ2) is 4.49. The van der Waals surface area contributed by atoms with Crippen LogP contribution in [0.3, 0.4) is 0 Å². The van der Waals surface area contributed by atoms with Crippen molar-refractivity contribution < 1.29 is 0 Å². The molecule has 1 aromatic carbocycles.